The summed E-state index contributed by atoms with van der Waals surface area (Å²) < 4.78 is 0.340. The minimum Gasteiger partial charge on any atom is -0.508 e. The molecule has 0 fully saturated rings. The van der Waals surface area contributed by atoms with Crippen LogP contribution in [0, 0.1) is 0 Å². The van der Waals surface area contributed by atoms with Crippen molar-refractivity contribution in [2.75, 3.05) is 12.3 Å². The van der Waals surface area contributed by atoms with Crippen molar-refractivity contribution in [2.45, 2.75) is 32.1 Å². The summed E-state index contributed by atoms with van der Waals surface area (Å²) in [5.41, 5.74) is 1.13. The van der Waals surface area contributed by atoms with Crippen LogP contribution in [0.15, 0.2) is 24.3 Å². The second-order valence-corrected chi connectivity index (χ2v) is 6.73. The summed E-state index contributed by atoms with van der Waals surface area (Å²) in [6.45, 7) is 8.50. The van der Waals surface area contributed by atoms with Crippen LogP contribution < -0.4 is 5.32 Å². The molecule has 0 saturated heterocycles. The summed E-state index contributed by atoms with van der Waals surface area (Å²) >= 11 is 1.96. The molecule has 2 nitrogen and oxygen atoms in total. The standard InChI is InChI=1S/C13H21NOS/c1-13(2,3)16-8-7-14-10-11-5-4-6-12(15)9-11/h4-6,9,14-15H,7-8,10H2,1-3H3. The molecule has 0 bridgehead atoms. The zero-order valence-electron chi connectivity index (χ0n) is 10.3. The molecule has 16 heavy (non-hydrogen) atoms. The Morgan fingerprint density at radius 1 is 1.31 bits per heavy atom. The molecule has 0 aliphatic carbocycles. The Balaban J connectivity index is 2.17. The smallest absolute Gasteiger partial charge is 0.115 e. The molecule has 1 aromatic carbocycles. The Morgan fingerprint density at radius 2 is 2.06 bits per heavy atom. The minimum absolute atomic E-state index is 0.336. The number of benzene rings is 1. The van der Waals surface area contributed by atoms with Crippen LogP contribution in [-0.2, 0) is 6.54 Å². The van der Waals surface area contributed by atoms with Crippen molar-refractivity contribution in [3.8, 4) is 5.75 Å². The van der Waals surface area contributed by atoms with Crippen LogP contribution in [0.1, 0.15) is 26.3 Å². The molecule has 1 rings (SSSR count). The van der Waals surface area contributed by atoms with Gasteiger partial charge in [0, 0.05) is 23.6 Å². The van der Waals surface area contributed by atoms with E-state index in [0.717, 1.165) is 24.4 Å². The molecule has 0 saturated carbocycles. The van der Waals surface area contributed by atoms with E-state index in [0.29, 0.717) is 10.5 Å². The molecule has 0 spiro atoms. The highest BCUT2D eigenvalue weighted by atomic mass is 32.2. The van der Waals surface area contributed by atoms with Crippen LogP contribution >= 0.6 is 11.8 Å². The zero-order valence-corrected chi connectivity index (χ0v) is 11.1. The lowest BCUT2D eigenvalue weighted by molar-refractivity contribution is 0.474. The maximum absolute atomic E-state index is 9.29. The minimum atomic E-state index is 0.336. The molecule has 0 atom stereocenters. The van der Waals surface area contributed by atoms with Gasteiger partial charge in [-0.25, -0.2) is 0 Å². The normalized spacial score (nSPS) is 11.7. The van der Waals surface area contributed by atoms with Crippen molar-refractivity contribution in [3.63, 3.8) is 0 Å². The topological polar surface area (TPSA) is 32.3 Å². The largest absolute Gasteiger partial charge is 0.508 e. The first-order valence-electron chi connectivity index (χ1n) is 5.60. The van der Waals surface area contributed by atoms with E-state index in [4.69, 9.17) is 0 Å². The summed E-state index contributed by atoms with van der Waals surface area (Å²) in [5.74, 6) is 1.45. The van der Waals surface area contributed by atoms with E-state index in [1.807, 2.05) is 23.9 Å². The van der Waals surface area contributed by atoms with Gasteiger partial charge in [0.15, 0.2) is 0 Å². The third-order valence-corrected chi connectivity index (χ3v) is 3.33. The van der Waals surface area contributed by atoms with E-state index in [9.17, 15) is 5.11 Å². The Hall–Kier alpha value is -0.670. The number of phenols is 1. The number of thioether (sulfide) groups is 1. The predicted octanol–water partition coefficient (Wildman–Crippen LogP) is 3.01. The fourth-order valence-corrected chi connectivity index (χ4v) is 2.19. The molecule has 0 unspecified atom stereocenters. The first-order valence-corrected chi connectivity index (χ1v) is 6.58. The van der Waals surface area contributed by atoms with Crippen molar-refractivity contribution in [1.29, 1.82) is 0 Å². The Bertz CT molecular complexity index is 320. The fraction of sp³-hybridized carbons (Fsp3) is 0.538. The summed E-state index contributed by atoms with van der Waals surface area (Å²) in [5, 5.41) is 12.7. The van der Waals surface area contributed by atoms with Crippen LogP contribution in [0.25, 0.3) is 0 Å². The quantitative estimate of drug-likeness (QED) is 0.775. The lowest BCUT2D eigenvalue weighted by atomic mass is 10.2. The maximum Gasteiger partial charge on any atom is 0.115 e. The van der Waals surface area contributed by atoms with Crippen LogP contribution in [0.3, 0.4) is 0 Å². The summed E-state index contributed by atoms with van der Waals surface area (Å²) in [4.78, 5) is 0. The lowest BCUT2D eigenvalue weighted by Gasteiger charge is -2.17. The number of hydrogen-bond donors (Lipinski definition) is 2. The highest BCUT2D eigenvalue weighted by Gasteiger charge is 2.08. The van der Waals surface area contributed by atoms with Gasteiger partial charge in [0.1, 0.15) is 5.75 Å². The molecule has 0 aromatic heterocycles. The highest BCUT2D eigenvalue weighted by molar-refractivity contribution is 8.00. The van der Waals surface area contributed by atoms with E-state index in [1.165, 1.54) is 0 Å². The SMILES string of the molecule is CC(C)(C)SCCNCc1cccc(O)c1. The van der Waals surface area contributed by atoms with Gasteiger partial charge in [-0.1, -0.05) is 32.9 Å². The van der Waals surface area contributed by atoms with Crippen LogP contribution in [0.2, 0.25) is 0 Å². The predicted molar refractivity (Wildman–Crippen MR) is 72.0 cm³/mol. The molecular formula is C13H21NOS. The van der Waals surface area contributed by atoms with Gasteiger partial charge in [-0.2, -0.15) is 11.8 Å². The van der Waals surface area contributed by atoms with Gasteiger partial charge in [-0.15, -0.1) is 0 Å². The third-order valence-electron chi connectivity index (χ3n) is 2.05. The first kappa shape index (κ1) is 13.4. The van der Waals surface area contributed by atoms with Gasteiger partial charge in [0.25, 0.3) is 0 Å². The van der Waals surface area contributed by atoms with Crippen molar-refractivity contribution >= 4 is 11.8 Å². The lowest BCUT2D eigenvalue weighted by Crippen LogP contribution is -2.19. The molecule has 3 heteroatoms. The third kappa shape index (κ3) is 6.03. The molecule has 0 aliphatic heterocycles. The average Bonchev–Trinajstić information content (AvgIpc) is 2.15. The summed E-state index contributed by atoms with van der Waals surface area (Å²) in [7, 11) is 0. The number of aromatic hydroxyl groups is 1. The number of phenolic OH excluding ortho intramolecular Hbond substituents is 1. The fourth-order valence-electron chi connectivity index (χ4n) is 1.33. The van der Waals surface area contributed by atoms with Crippen molar-refractivity contribution in [1.82, 2.24) is 5.32 Å². The summed E-state index contributed by atoms with van der Waals surface area (Å²) in [6.07, 6.45) is 0. The Labute approximate surface area is 102 Å². The molecule has 2 N–H and O–H groups in total. The van der Waals surface area contributed by atoms with E-state index < -0.39 is 0 Å². The number of hydrogen-bond acceptors (Lipinski definition) is 3. The van der Waals surface area contributed by atoms with Crippen LogP contribution in [0.5, 0.6) is 5.75 Å². The molecular weight excluding hydrogens is 218 g/mol. The molecule has 90 valence electrons. The molecule has 0 radical (unpaired) electrons. The van der Waals surface area contributed by atoms with Gasteiger partial charge in [-0.3, -0.25) is 0 Å². The second-order valence-electron chi connectivity index (χ2n) is 4.81. The van der Waals surface area contributed by atoms with Gasteiger partial charge in [0.2, 0.25) is 0 Å². The number of rotatable bonds is 5. The van der Waals surface area contributed by atoms with E-state index >= 15 is 0 Å². The van der Waals surface area contributed by atoms with E-state index in [2.05, 4.69) is 26.1 Å². The highest BCUT2D eigenvalue weighted by Crippen LogP contribution is 2.22. The maximum atomic E-state index is 9.29. The molecule has 0 aliphatic rings. The first-order chi connectivity index (χ1) is 7.47. The molecule has 1 aromatic rings. The van der Waals surface area contributed by atoms with Crippen molar-refractivity contribution in [2.24, 2.45) is 0 Å². The number of nitrogens with one attached hydrogen (secondary N) is 1. The van der Waals surface area contributed by atoms with E-state index in [-0.39, 0.29) is 0 Å². The van der Waals surface area contributed by atoms with Crippen LogP contribution in [-0.4, -0.2) is 22.2 Å². The Morgan fingerprint density at radius 3 is 2.69 bits per heavy atom. The van der Waals surface area contributed by atoms with Gasteiger partial charge in [-0.05, 0) is 17.7 Å². The van der Waals surface area contributed by atoms with Crippen LogP contribution in [0.4, 0.5) is 0 Å². The summed E-state index contributed by atoms with van der Waals surface area (Å²) in [6, 6.07) is 7.38. The second kappa shape index (κ2) is 6.16. The average molecular weight is 239 g/mol. The molecule has 0 heterocycles. The van der Waals surface area contributed by atoms with Gasteiger partial charge >= 0.3 is 0 Å². The zero-order chi connectivity index (χ0) is 12.0. The van der Waals surface area contributed by atoms with Gasteiger partial charge in [0.05, 0.1) is 0 Å². The van der Waals surface area contributed by atoms with E-state index in [1.54, 1.807) is 12.1 Å². The monoisotopic (exact) mass is 239 g/mol. The Kier molecular flexibility index (Phi) is 5.16. The molecule has 0 amide bonds. The van der Waals surface area contributed by atoms with Crippen molar-refractivity contribution in [3.05, 3.63) is 29.8 Å². The van der Waals surface area contributed by atoms with Crippen molar-refractivity contribution < 1.29 is 5.11 Å². The van der Waals surface area contributed by atoms with Gasteiger partial charge < -0.3 is 10.4 Å².